The number of nitrogens with one attached hydrogen (secondary N) is 1. The number of halogens is 1. The molecule has 29 heavy (non-hydrogen) atoms. The fraction of sp³-hybridized carbons (Fsp3) is 0.350. The van der Waals surface area contributed by atoms with Crippen molar-refractivity contribution in [2.75, 3.05) is 24.8 Å². The van der Waals surface area contributed by atoms with Crippen LogP contribution in [0.1, 0.15) is 18.4 Å². The Morgan fingerprint density at radius 3 is 3.07 bits per heavy atom. The van der Waals surface area contributed by atoms with E-state index in [-0.39, 0.29) is 18.6 Å². The Labute approximate surface area is 172 Å². The van der Waals surface area contributed by atoms with E-state index in [2.05, 4.69) is 20.4 Å². The summed E-state index contributed by atoms with van der Waals surface area (Å²) in [6.07, 6.45) is 3.65. The fourth-order valence-corrected chi connectivity index (χ4v) is 4.05. The molecule has 8 nitrogen and oxygen atoms in total. The van der Waals surface area contributed by atoms with Gasteiger partial charge in [0.2, 0.25) is 18.6 Å². The van der Waals surface area contributed by atoms with Gasteiger partial charge in [-0.15, -0.1) is 10.2 Å². The number of piperidine rings is 1. The molecule has 4 heterocycles. The van der Waals surface area contributed by atoms with Gasteiger partial charge in [0.25, 0.3) is 0 Å². The van der Waals surface area contributed by atoms with E-state index in [4.69, 9.17) is 21.1 Å². The number of nitrogens with zero attached hydrogens (tertiary/aromatic N) is 4. The van der Waals surface area contributed by atoms with E-state index in [0.717, 1.165) is 42.4 Å². The van der Waals surface area contributed by atoms with Crippen LogP contribution in [0.4, 0.5) is 5.95 Å². The minimum atomic E-state index is -0.107. The van der Waals surface area contributed by atoms with Crippen molar-refractivity contribution >= 4 is 29.1 Å². The number of amides is 1. The number of carbonyl (C=O) groups is 1. The van der Waals surface area contributed by atoms with Gasteiger partial charge in [-0.25, -0.2) is 0 Å². The van der Waals surface area contributed by atoms with Crippen molar-refractivity contribution in [2.24, 2.45) is 5.92 Å². The van der Waals surface area contributed by atoms with Crippen molar-refractivity contribution < 1.29 is 14.3 Å². The van der Waals surface area contributed by atoms with Crippen LogP contribution in [-0.4, -0.2) is 40.4 Å². The number of anilines is 1. The molecule has 3 aromatic rings. The lowest BCUT2D eigenvalue weighted by Gasteiger charge is -2.32. The largest absolute Gasteiger partial charge is 0.454 e. The van der Waals surface area contributed by atoms with Crippen molar-refractivity contribution in [1.29, 1.82) is 0 Å². The first-order valence-electron chi connectivity index (χ1n) is 9.59. The minimum Gasteiger partial charge on any atom is -0.454 e. The maximum atomic E-state index is 12.8. The van der Waals surface area contributed by atoms with Crippen molar-refractivity contribution in [2.45, 2.75) is 19.4 Å². The van der Waals surface area contributed by atoms with Gasteiger partial charge in [0.1, 0.15) is 0 Å². The topological polar surface area (TPSA) is 81.0 Å². The highest BCUT2D eigenvalue weighted by atomic mass is 35.5. The standard InChI is InChI=1S/C20H20ClN5O3/c21-15-4-2-8-26-18(15)23-24-20(26)25-7-1-3-14(11-25)19(27)22-10-13-5-6-16-17(9-13)29-12-28-16/h2,4-6,8-9,14H,1,3,7,10-12H2,(H,22,27)/t14-/m0/s1. The second-order valence-corrected chi connectivity index (χ2v) is 7.65. The van der Waals surface area contributed by atoms with Crippen LogP contribution in [0, 0.1) is 5.92 Å². The molecule has 1 N–H and O–H groups in total. The summed E-state index contributed by atoms with van der Waals surface area (Å²) in [5.74, 6) is 2.11. The van der Waals surface area contributed by atoms with E-state index < -0.39 is 0 Å². The SMILES string of the molecule is O=C(NCc1ccc2c(c1)OCO2)[C@H]1CCCN(c2nnc3c(Cl)cccn23)C1. The Morgan fingerprint density at radius 1 is 1.24 bits per heavy atom. The number of carbonyl (C=O) groups excluding carboxylic acids is 1. The maximum absolute atomic E-state index is 12.8. The second kappa shape index (κ2) is 7.44. The highest BCUT2D eigenvalue weighted by Gasteiger charge is 2.28. The number of ether oxygens (including phenoxy) is 2. The molecule has 0 bridgehead atoms. The summed E-state index contributed by atoms with van der Waals surface area (Å²) >= 11 is 6.20. The molecule has 1 atom stereocenters. The lowest BCUT2D eigenvalue weighted by atomic mass is 9.97. The number of aromatic nitrogens is 3. The predicted octanol–water partition coefficient (Wildman–Crippen LogP) is 2.64. The summed E-state index contributed by atoms with van der Waals surface area (Å²) in [4.78, 5) is 14.9. The van der Waals surface area contributed by atoms with Gasteiger partial charge in [0.15, 0.2) is 17.1 Å². The van der Waals surface area contributed by atoms with Crippen LogP contribution in [0.15, 0.2) is 36.5 Å². The normalized spacial score (nSPS) is 18.2. The molecule has 150 valence electrons. The Kier molecular flexibility index (Phi) is 4.63. The molecule has 1 fully saturated rings. The van der Waals surface area contributed by atoms with Crippen LogP contribution in [0.2, 0.25) is 5.02 Å². The smallest absolute Gasteiger partial charge is 0.231 e. The summed E-state index contributed by atoms with van der Waals surface area (Å²) in [7, 11) is 0. The molecule has 2 aliphatic heterocycles. The van der Waals surface area contributed by atoms with E-state index in [9.17, 15) is 4.79 Å². The van der Waals surface area contributed by atoms with E-state index in [1.54, 1.807) is 6.07 Å². The minimum absolute atomic E-state index is 0.0409. The second-order valence-electron chi connectivity index (χ2n) is 7.24. The van der Waals surface area contributed by atoms with Gasteiger partial charge in [-0.2, -0.15) is 0 Å². The molecule has 0 saturated carbocycles. The molecular weight excluding hydrogens is 394 g/mol. The van der Waals surface area contributed by atoms with Crippen LogP contribution in [0.25, 0.3) is 5.65 Å². The Bertz CT molecular complexity index is 1070. The van der Waals surface area contributed by atoms with E-state index in [0.29, 0.717) is 23.8 Å². The van der Waals surface area contributed by atoms with Crippen molar-refractivity contribution in [3.63, 3.8) is 0 Å². The number of fused-ring (bicyclic) bond motifs is 2. The quantitative estimate of drug-likeness (QED) is 0.708. The average molecular weight is 414 g/mol. The summed E-state index contributed by atoms with van der Waals surface area (Å²) in [5, 5.41) is 12.1. The summed E-state index contributed by atoms with van der Waals surface area (Å²) in [6.45, 7) is 2.13. The summed E-state index contributed by atoms with van der Waals surface area (Å²) < 4.78 is 12.6. The molecule has 1 saturated heterocycles. The number of benzene rings is 1. The maximum Gasteiger partial charge on any atom is 0.231 e. The first-order chi connectivity index (χ1) is 14.2. The zero-order valence-corrected chi connectivity index (χ0v) is 16.4. The Morgan fingerprint density at radius 2 is 2.14 bits per heavy atom. The fourth-order valence-electron chi connectivity index (χ4n) is 3.84. The van der Waals surface area contributed by atoms with E-state index >= 15 is 0 Å². The Balaban J connectivity index is 1.25. The van der Waals surface area contributed by atoms with Crippen LogP contribution in [0.3, 0.4) is 0 Å². The highest BCUT2D eigenvalue weighted by molar-refractivity contribution is 6.33. The molecule has 1 amide bonds. The van der Waals surface area contributed by atoms with Gasteiger partial charge < -0.3 is 19.7 Å². The van der Waals surface area contributed by atoms with E-state index in [1.165, 1.54) is 0 Å². The molecular formula is C20H20ClN5O3. The van der Waals surface area contributed by atoms with Crippen molar-refractivity contribution in [1.82, 2.24) is 19.9 Å². The molecule has 0 radical (unpaired) electrons. The highest BCUT2D eigenvalue weighted by Crippen LogP contribution is 2.32. The number of rotatable bonds is 4. The summed E-state index contributed by atoms with van der Waals surface area (Å²) in [6, 6.07) is 9.36. The summed E-state index contributed by atoms with van der Waals surface area (Å²) in [5.41, 5.74) is 1.60. The number of hydrogen-bond donors (Lipinski definition) is 1. The average Bonchev–Trinajstić information content (AvgIpc) is 3.39. The first kappa shape index (κ1) is 18.1. The predicted molar refractivity (Wildman–Crippen MR) is 107 cm³/mol. The van der Waals surface area contributed by atoms with Crippen LogP contribution in [-0.2, 0) is 11.3 Å². The molecule has 0 aliphatic carbocycles. The zero-order valence-electron chi connectivity index (χ0n) is 15.7. The van der Waals surface area contributed by atoms with Crippen LogP contribution < -0.4 is 19.7 Å². The van der Waals surface area contributed by atoms with Gasteiger partial charge in [-0.3, -0.25) is 9.20 Å². The van der Waals surface area contributed by atoms with Gasteiger partial charge in [-0.05, 0) is 42.7 Å². The number of hydrogen-bond acceptors (Lipinski definition) is 6. The molecule has 1 aromatic carbocycles. The van der Waals surface area contributed by atoms with Crippen LogP contribution in [0.5, 0.6) is 11.5 Å². The third-order valence-electron chi connectivity index (χ3n) is 5.35. The zero-order chi connectivity index (χ0) is 19.8. The van der Waals surface area contributed by atoms with Crippen molar-refractivity contribution in [3.05, 3.63) is 47.1 Å². The van der Waals surface area contributed by atoms with Gasteiger partial charge in [-0.1, -0.05) is 17.7 Å². The van der Waals surface area contributed by atoms with Crippen molar-refractivity contribution in [3.8, 4) is 11.5 Å². The molecule has 5 rings (SSSR count). The monoisotopic (exact) mass is 413 g/mol. The van der Waals surface area contributed by atoms with Gasteiger partial charge in [0, 0.05) is 25.8 Å². The number of pyridine rings is 1. The van der Waals surface area contributed by atoms with Gasteiger partial charge in [0.05, 0.1) is 10.9 Å². The lowest BCUT2D eigenvalue weighted by Crippen LogP contribution is -2.43. The molecule has 2 aliphatic rings. The third kappa shape index (κ3) is 3.44. The Hall–Kier alpha value is -3.00. The first-order valence-corrected chi connectivity index (χ1v) is 9.97. The van der Waals surface area contributed by atoms with Crippen LogP contribution >= 0.6 is 11.6 Å². The lowest BCUT2D eigenvalue weighted by molar-refractivity contribution is -0.125. The molecule has 0 spiro atoms. The molecule has 9 heteroatoms. The third-order valence-corrected chi connectivity index (χ3v) is 5.64. The molecule has 2 aromatic heterocycles. The van der Waals surface area contributed by atoms with Gasteiger partial charge >= 0.3 is 0 Å². The van der Waals surface area contributed by atoms with E-state index in [1.807, 2.05) is 34.9 Å². The molecule has 0 unspecified atom stereocenters.